The number of ether oxygens (including phenoxy) is 3. The highest BCUT2D eigenvalue weighted by Crippen LogP contribution is 2.39. The van der Waals surface area contributed by atoms with Crippen LogP contribution in [0.1, 0.15) is 25.1 Å². The summed E-state index contributed by atoms with van der Waals surface area (Å²) in [5.74, 6) is -0.336. The summed E-state index contributed by atoms with van der Waals surface area (Å²) in [6.07, 6.45) is -5.87. The molecule has 38 heavy (non-hydrogen) atoms. The second-order valence-electron chi connectivity index (χ2n) is 9.05. The number of nitrogens with zero attached hydrogens (tertiary/aromatic N) is 1. The molecule has 0 fully saturated rings. The van der Waals surface area contributed by atoms with E-state index in [9.17, 15) is 23.1 Å². The Morgan fingerprint density at radius 3 is 2.32 bits per heavy atom. The molecule has 0 radical (unpaired) electrons. The Labute approximate surface area is 222 Å². The van der Waals surface area contributed by atoms with Gasteiger partial charge < -0.3 is 23.9 Å². The third-order valence-corrected chi connectivity index (χ3v) is 6.11. The zero-order valence-electron chi connectivity index (χ0n) is 20.8. The van der Waals surface area contributed by atoms with Gasteiger partial charge in [0.15, 0.2) is 11.9 Å². The molecule has 0 saturated heterocycles. The fourth-order valence-electron chi connectivity index (χ4n) is 4.09. The summed E-state index contributed by atoms with van der Waals surface area (Å²) in [6, 6.07) is 17.7. The third-order valence-electron chi connectivity index (χ3n) is 5.86. The molecule has 3 aromatic carbocycles. The van der Waals surface area contributed by atoms with Gasteiger partial charge in [-0.3, -0.25) is 0 Å². The molecular weight excluding hydrogens is 523 g/mol. The van der Waals surface area contributed by atoms with Crippen LogP contribution in [-0.2, 0) is 11.3 Å². The third kappa shape index (κ3) is 6.34. The van der Waals surface area contributed by atoms with E-state index in [0.717, 1.165) is 5.56 Å². The van der Waals surface area contributed by atoms with Crippen LogP contribution in [0.5, 0.6) is 23.0 Å². The molecule has 0 spiro atoms. The Kier molecular flexibility index (Phi) is 7.78. The van der Waals surface area contributed by atoms with Crippen molar-refractivity contribution in [3.05, 3.63) is 83.0 Å². The van der Waals surface area contributed by atoms with Crippen molar-refractivity contribution in [2.75, 3.05) is 0 Å². The highest BCUT2D eigenvalue weighted by Gasteiger charge is 2.31. The number of hydrogen-bond acceptors (Lipinski definition) is 4. The molecule has 0 amide bonds. The van der Waals surface area contributed by atoms with Gasteiger partial charge in [0.1, 0.15) is 17.2 Å². The van der Waals surface area contributed by atoms with Gasteiger partial charge >= 0.3 is 12.3 Å². The second kappa shape index (κ2) is 10.9. The van der Waals surface area contributed by atoms with Crippen LogP contribution >= 0.6 is 11.6 Å². The number of benzene rings is 3. The molecular formula is C28H25ClF3NO5. The highest BCUT2D eigenvalue weighted by molar-refractivity contribution is 6.30. The normalized spacial score (nSPS) is 12.5. The van der Waals surface area contributed by atoms with Gasteiger partial charge in [0.05, 0.1) is 11.2 Å². The maximum Gasteiger partial charge on any atom is 0.573 e. The van der Waals surface area contributed by atoms with Crippen molar-refractivity contribution >= 4 is 28.5 Å². The quantitative estimate of drug-likeness (QED) is 0.231. The standard InChI is InChI=1S/C28H25ClF3NO5/c1-16(2)25(27(34)35)37-21-6-4-5-18(13-21)15-33-17(3)26(36-20-9-7-19(29)8-10-20)23-12-11-22(14-24(23)33)38-28(30,31)32/h4-14,16,25H,15H2,1-3H3,(H,34,35). The largest absolute Gasteiger partial charge is 0.573 e. The molecule has 0 saturated carbocycles. The van der Waals surface area contributed by atoms with Gasteiger partial charge in [-0.25, -0.2) is 4.79 Å². The van der Waals surface area contributed by atoms with Crippen molar-refractivity contribution in [2.45, 2.75) is 39.8 Å². The Morgan fingerprint density at radius 2 is 1.68 bits per heavy atom. The molecule has 6 nitrogen and oxygen atoms in total. The minimum absolute atomic E-state index is 0.248. The molecule has 1 aromatic heterocycles. The summed E-state index contributed by atoms with van der Waals surface area (Å²) in [4.78, 5) is 11.6. The smallest absolute Gasteiger partial charge is 0.478 e. The molecule has 4 rings (SSSR count). The van der Waals surface area contributed by atoms with Crippen molar-refractivity contribution in [3.8, 4) is 23.0 Å². The van der Waals surface area contributed by atoms with Gasteiger partial charge in [0.25, 0.3) is 0 Å². The molecule has 1 unspecified atom stereocenters. The topological polar surface area (TPSA) is 69.9 Å². The number of aromatic nitrogens is 1. The number of rotatable bonds is 9. The van der Waals surface area contributed by atoms with E-state index in [0.29, 0.717) is 38.9 Å². The summed E-state index contributed by atoms with van der Waals surface area (Å²) in [5, 5.41) is 10.6. The van der Waals surface area contributed by atoms with Crippen molar-refractivity contribution in [2.24, 2.45) is 5.92 Å². The monoisotopic (exact) mass is 547 g/mol. The Balaban J connectivity index is 1.75. The fourth-order valence-corrected chi connectivity index (χ4v) is 4.22. The number of fused-ring (bicyclic) bond motifs is 1. The lowest BCUT2D eigenvalue weighted by Crippen LogP contribution is -2.32. The number of alkyl halides is 3. The lowest BCUT2D eigenvalue weighted by atomic mass is 10.1. The summed E-state index contributed by atoms with van der Waals surface area (Å²) >= 11 is 5.98. The average Bonchev–Trinajstić information content (AvgIpc) is 3.08. The van der Waals surface area contributed by atoms with Crippen LogP contribution in [-0.4, -0.2) is 28.1 Å². The van der Waals surface area contributed by atoms with Crippen LogP contribution in [0, 0.1) is 12.8 Å². The summed E-state index contributed by atoms with van der Waals surface area (Å²) in [6.45, 7) is 5.55. The van der Waals surface area contributed by atoms with E-state index in [1.165, 1.54) is 18.2 Å². The predicted octanol–water partition coefficient (Wildman–Crippen LogP) is 7.83. The molecule has 4 aromatic rings. The first kappa shape index (κ1) is 27.2. The van der Waals surface area contributed by atoms with E-state index in [2.05, 4.69) is 4.74 Å². The van der Waals surface area contributed by atoms with E-state index in [1.54, 1.807) is 67.8 Å². The van der Waals surface area contributed by atoms with Crippen molar-refractivity contribution < 1.29 is 37.3 Å². The first-order valence-electron chi connectivity index (χ1n) is 11.7. The second-order valence-corrected chi connectivity index (χ2v) is 9.49. The number of halogens is 4. The molecule has 10 heteroatoms. The van der Waals surface area contributed by atoms with Gasteiger partial charge in [-0.15, -0.1) is 13.2 Å². The molecule has 1 N–H and O–H groups in total. The van der Waals surface area contributed by atoms with Crippen LogP contribution in [0.2, 0.25) is 5.02 Å². The lowest BCUT2D eigenvalue weighted by molar-refractivity contribution is -0.274. The van der Waals surface area contributed by atoms with Gasteiger partial charge in [0.2, 0.25) is 0 Å². The van der Waals surface area contributed by atoms with Gasteiger partial charge in [-0.2, -0.15) is 0 Å². The molecule has 1 atom stereocenters. The van der Waals surface area contributed by atoms with Crippen molar-refractivity contribution in [1.29, 1.82) is 0 Å². The van der Waals surface area contributed by atoms with E-state index >= 15 is 0 Å². The number of carboxylic acids is 1. The average molecular weight is 548 g/mol. The minimum atomic E-state index is -4.84. The summed E-state index contributed by atoms with van der Waals surface area (Å²) < 4.78 is 56.6. The highest BCUT2D eigenvalue weighted by atomic mass is 35.5. The van der Waals surface area contributed by atoms with E-state index in [-0.39, 0.29) is 18.2 Å². The Hall–Kier alpha value is -3.85. The molecule has 200 valence electrons. The van der Waals surface area contributed by atoms with Crippen LogP contribution in [0.3, 0.4) is 0 Å². The zero-order chi connectivity index (χ0) is 27.6. The summed E-state index contributed by atoms with van der Waals surface area (Å²) in [5.41, 5.74) is 1.87. The fraction of sp³-hybridized carbons (Fsp3) is 0.250. The molecule has 0 aliphatic heterocycles. The minimum Gasteiger partial charge on any atom is -0.478 e. The maximum atomic E-state index is 12.9. The van der Waals surface area contributed by atoms with Crippen LogP contribution < -0.4 is 14.2 Å². The number of carboxylic acid groups (broad SMARTS) is 1. The molecule has 0 aliphatic carbocycles. The number of aliphatic carboxylic acids is 1. The van der Waals surface area contributed by atoms with Crippen LogP contribution in [0.25, 0.3) is 10.9 Å². The summed E-state index contributed by atoms with van der Waals surface area (Å²) in [7, 11) is 0. The van der Waals surface area contributed by atoms with E-state index < -0.39 is 18.4 Å². The van der Waals surface area contributed by atoms with Gasteiger partial charge in [-0.05, 0) is 61.0 Å². The number of carbonyl (C=O) groups is 1. The first-order chi connectivity index (χ1) is 17.9. The van der Waals surface area contributed by atoms with Crippen LogP contribution in [0.15, 0.2) is 66.7 Å². The number of hydrogen-bond donors (Lipinski definition) is 1. The van der Waals surface area contributed by atoms with E-state index in [4.69, 9.17) is 21.1 Å². The van der Waals surface area contributed by atoms with Crippen molar-refractivity contribution in [3.63, 3.8) is 0 Å². The Bertz CT molecular complexity index is 1450. The molecule has 1 heterocycles. The van der Waals surface area contributed by atoms with Gasteiger partial charge in [-0.1, -0.05) is 37.6 Å². The van der Waals surface area contributed by atoms with Gasteiger partial charge in [0, 0.05) is 28.9 Å². The van der Waals surface area contributed by atoms with E-state index in [1.807, 2.05) is 6.07 Å². The molecule has 0 bridgehead atoms. The predicted molar refractivity (Wildman–Crippen MR) is 137 cm³/mol. The zero-order valence-corrected chi connectivity index (χ0v) is 21.5. The van der Waals surface area contributed by atoms with Crippen LogP contribution in [0.4, 0.5) is 13.2 Å². The molecule has 0 aliphatic rings. The SMILES string of the molecule is Cc1c(Oc2ccc(Cl)cc2)c2ccc(OC(F)(F)F)cc2n1Cc1cccc(OC(C(=O)O)C(C)C)c1. The Morgan fingerprint density at radius 1 is 1.00 bits per heavy atom. The maximum absolute atomic E-state index is 12.9. The first-order valence-corrected chi connectivity index (χ1v) is 12.1. The lowest BCUT2D eigenvalue weighted by Gasteiger charge is -2.19. The van der Waals surface area contributed by atoms with Crippen molar-refractivity contribution in [1.82, 2.24) is 4.57 Å².